The Morgan fingerprint density at radius 2 is 1.70 bits per heavy atom. The zero-order valence-electron chi connectivity index (χ0n) is 9.52. The number of non-ortho nitro benzene ring substituents is 2. The normalized spacial score (nSPS) is 11.5. The first kappa shape index (κ1) is 15.2. The summed E-state index contributed by atoms with van der Waals surface area (Å²) >= 11 is 0. The average molecular weight is 292 g/mol. The number of benzene rings is 1. The van der Waals surface area contributed by atoms with E-state index in [0.29, 0.717) is 18.2 Å². The number of alkyl halides is 2. The Balaban J connectivity index is 2.97. The molecule has 1 aromatic carbocycles. The van der Waals surface area contributed by atoms with Crippen molar-refractivity contribution in [2.75, 3.05) is 6.67 Å². The third-order valence-electron chi connectivity index (χ3n) is 1.84. The topological polar surface area (TPSA) is 122 Å². The van der Waals surface area contributed by atoms with Gasteiger partial charge in [-0.2, -0.15) is 4.39 Å². The van der Waals surface area contributed by atoms with Gasteiger partial charge in [0, 0.05) is 0 Å². The molecule has 0 amide bonds. The lowest BCUT2D eigenvalue weighted by atomic mass is 10.2. The van der Waals surface area contributed by atoms with E-state index in [1.54, 1.807) is 0 Å². The summed E-state index contributed by atoms with van der Waals surface area (Å²) < 4.78 is 32.2. The van der Waals surface area contributed by atoms with Gasteiger partial charge in [-0.25, -0.2) is 9.18 Å². The molecule has 0 spiro atoms. The maximum Gasteiger partial charge on any atom is 0.516 e. The Hall–Kier alpha value is -2.85. The first-order valence-corrected chi connectivity index (χ1v) is 4.86. The summed E-state index contributed by atoms with van der Waals surface area (Å²) in [6.45, 7) is -1.61. The predicted octanol–water partition coefficient (Wildman–Crippen LogP) is 2.28. The fourth-order valence-electron chi connectivity index (χ4n) is 1.09. The van der Waals surface area contributed by atoms with Gasteiger partial charge in [0.25, 0.3) is 17.7 Å². The quantitative estimate of drug-likeness (QED) is 0.353. The van der Waals surface area contributed by atoms with Crippen LogP contribution in [0.4, 0.5) is 25.0 Å². The molecule has 0 saturated carbocycles. The average Bonchev–Trinajstić information content (AvgIpc) is 2.37. The van der Waals surface area contributed by atoms with Crippen molar-refractivity contribution in [2.24, 2.45) is 0 Å². The van der Waals surface area contributed by atoms with E-state index in [0.717, 1.165) is 0 Å². The van der Waals surface area contributed by atoms with Crippen molar-refractivity contribution >= 4 is 17.5 Å². The Kier molecular flexibility index (Phi) is 4.83. The smallest absolute Gasteiger partial charge is 0.396 e. The number of nitro benzene ring substituents is 2. The SMILES string of the molecule is O=C(Oc1cc([N+](=O)[O-])cc([N+](=O)[O-])c1)OC(F)CF. The number of rotatable bonds is 5. The van der Waals surface area contributed by atoms with Crippen LogP contribution >= 0.6 is 0 Å². The molecule has 1 unspecified atom stereocenters. The van der Waals surface area contributed by atoms with Gasteiger partial charge < -0.3 is 9.47 Å². The second-order valence-electron chi connectivity index (χ2n) is 3.23. The Morgan fingerprint density at radius 1 is 1.20 bits per heavy atom. The second-order valence-corrected chi connectivity index (χ2v) is 3.23. The van der Waals surface area contributed by atoms with Crippen LogP contribution in [0.5, 0.6) is 5.75 Å². The number of carbonyl (C=O) groups excluding carboxylic acids is 1. The highest BCUT2D eigenvalue weighted by Crippen LogP contribution is 2.27. The highest BCUT2D eigenvalue weighted by Gasteiger charge is 2.20. The molecule has 0 saturated heterocycles. The molecule has 108 valence electrons. The monoisotopic (exact) mass is 292 g/mol. The molecule has 20 heavy (non-hydrogen) atoms. The molecule has 0 N–H and O–H groups in total. The summed E-state index contributed by atoms with van der Waals surface area (Å²) in [4.78, 5) is 30.1. The molecular weight excluding hydrogens is 286 g/mol. The van der Waals surface area contributed by atoms with Gasteiger partial charge in [0.1, 0.15) is 5.75 Å². The maximum absolute atomic E-state index is 12.4. The fraction of sp³-hybridized carbons (Fsp3) is 0.222. The molecule has 0 bridgehead atoms. The molecule has 0 radical (unpaired) electrons. The largest absolute Gasteiger partial charge is 0.516 e. The molecule has 0 aromatic heterocycles. The molecule has 0 aliphatic heterocycles. The van der Waals surface area contributed by atoms with Crippen LogP contribution in [0.3, 0.4) is 0 Å². The van der Waals surface area contributed by atoms with Crippen LogP contribution in [-0.2, 0) is 4.74 Å². The minimum absolute atomic E-state index is 0.609. The van der Waals surface area contributed by atoms with Gasteiger partial charge >= 0.3 is 6.16 Å². The molecule has 0 aliphatic carbocycles. The Bertz CT molecular complexity index is 519. The number of hydrogen-bond donors (Lipinski definition) is 0. The molecule has 11 heteroatoms. The first-order valence-electron chi connectivity index (χ1n) is 4.86. The van der Waals surface area contributed by atoms with Crippen molar-refractivity contribution < 1.29 is 32.9 Å². The van der Waals surface area contributed by atoms with Gasteiger partial charge in [-0.05, 0) is 0 Å². The van der Waals surface area contributed by atoms with Gasteiger partial charge in [-0.3, -0.25) is 20.2 Å². The van der Waals surface area contributed by atoms with Gasteiger partial charge in [0.2, 0.25) is 0 Å². The highest BCUT2D eigenvalue weighted by molar-refractivity contribution is 5.65. The third-order valence-corrected chi connectivity index (χ3v) is 1.84. The number of hydrogen-bond acceptors (Lipinski definition) is 7. The van der Waals surface area contributed by atoms with Crippen LogP contribution < -0.4 is 4.74 Å². The van der Waals surface area contributed by atoms with E-state index < -0.39 is 46.2 Å². The minimum atomic E-state index is -2.56. The van der Waals surface area contributed by atoms with Crippen molar-refractivity contribution in [2.45, 2.75) is 6.36 Å². The van der Waals surface area contributed by atoms with Gasteiger partial charge in [-0.1, -0.05) is 0 Å². The molecular formula is C9H6F2N2O7. The number of nitro groups is 2. The van der Waals surface area contributed by atoms with E-state index in [-0.39, 0.29) is 0 Å². The van der Waals surface area contributed by atoms with Crippen molar-refractivity contribution in [1.82, 2.24) is 0 Å². The van der Waals surface area contributed by atoms with E-state index in [1.165, 1.54) is 0 Å². The van der Waals surface area contributed by atoms with Crippen LogP contribution in [0.2, 0.25) is 0 Å². The number of carbonyl (C=O) groups is 1. The molecule has 0 heterocycles. The minimum Gasteiger partial charge on any atom is -0.396 e. The zero-order valence-corrected chi connectivity index (χ0v) is 9.52. The first-order chi connectivity index (χ1) is 9.33. The van der Waals surface area contributed by atoms with E-state index in [4.69, 9.17) is 0 Å². The number of nitrogens with zero attached hydrogens (tertiary/aromatic N) is 2. The lowest BCUT2D eigenvalue weighted by Crippen LogP contribution is -2.18. The lowest BCUT2D eigenvalue weighted by molar-refractivity contribution is -0.394. The molecule has 1 aromatic rings. The van der Waals surface area contributed by atoms with E-state index >= 15 is 0 Å². The van der Waals surface area contributed by atoms with Gasteiger partial charge in [0.15, 0.2) is 6.67 Å². The highest BCUT2D eigenvalue weighted by atomic mass is 19.2. The lowest BCUT2D eigenvalue weighted by Gasteiger charge is -2.06. The maximum atomic E-state index is 12.4. The van der Waals surface area contributed by atoms with E-state index in [9.17, 15) is 33.8 Å². The molecule has 0 fully saturated rings. The van der Waals surface area contributed by atoms with Crippen LogP contribution in [0, 0.1) is 20.2 Å². The predicted molar refractivity (Wildman–Crippen MR) is 57.7 cm³/mol. The Morgan fingerprint density at radius 3 is 2.10 bits per heavy atom. The molecule has 0 aliphatic rings. The van der Waals surface area contributed by atoms with Crippen LogP contribution in [0.25, 0.3) is 0 Å². The summed E-state index contributed by atoms with van der Waals surface area (Å²) in [7, 11) is 0. The summed E-state index contributed by atoms with van der Waals surface area (Å²) in [5.74, 6) is -0.609. The third kappa shape index (κ3) is 4.12. The molecule has 1 atom stereocenters. The number of ether oxygens (including phenoxy) is 2. The van der Waals surface area contributed by atoms with Gasteiger partial charge in [0.05, 0.1) is 28.0 Å². The Labute approximate surface area is 109 Å². The van der Waals surface area contributed by atoms with Crippen molar-refractivity contribution in [3.8, 4) is 5.75 Å². The standard InChI is InChI=1S/C9H6F2N2O7/c10-4-8(11)20-9(14)19-7-2-5(12(15)16)1-6(3-7)13(17)18/h1-3,8H,4H2. The summed E-state index contributed by atoms with van der Waals surface area (Å²) in [5, 5.41) is 21.1. The summed E-state index contributed by atoms with van der Waals surface area (Å²) in [6, 6.07) is 2.02. The van der Waals surface area contributed by atoms with E-state index in [1.807, 2.05) is 0 Å². The second kappa shape index (κ2) is 6.36. The van der Waals surface area contributed by atoms with Crippen LogP contribution in [-0.4, -0.2) is 29.0 Å². The number of halogens is 2. The van der Waals surface area contributed by atoms with E-state index in [2.05, 4.69) is 9.47 Å². The fourth-order valence-corrected chi connectivity index (χ4v) is 1.09. The van der Waals surface area contributed by atoms with Crippen molar-refractivity contribution in [3.63, 3.8) is 0 Å². The molecule has 9 nitrogen and oxygen atoms in total. The summed E-state index contributed by atoms with van der Waals surface area (Å²) in [6.07, 6.45) is -4.25. The van der Waals surface area contributed by atoms with Crippen LogP contribution in [0.15, 0.2) is 18.2 Å². The van der Waals surface area contributed by atoms with Crippen LogP contribution in [0.1, 0.15) is 0 Å². The van der Waals surface area contributed by atoms with Crippen molar-refractivity contribution in [3.05, 3.63) is 38.4 Å². The summed E-state index contributed by atoms with van der Waals surface area (Å²) in [5.41, 5.74) is -1.44. The molecule has 1 rings (SSSR count). The zero-order chi connectivity index (χ0) is 15.3. The van der Waals surface area contributed by atoms with Crippen molar-refractivity contribution in [1.29, 1.82) is 0 Å². The van der Waals surface area contributed by atoms with Gasteiger partial charge in [-0.15, -0.1) is 0 Å².